The topological polar surface area (TPSA) is 74.8 Å². The van der Waals surface area contributed by atoms with Crippen LogP contribution in [0.15, 0.2) is 29.1 Å². The maximum absolute atomic E-state index is 13.5. The number of hydrogen-bond acceptors (Lipinski definition) is 4. The van der Waals surface area contributed by atoms with Crippen LogP contribution >= 0.6 is 11.3 Å². The first-order chi connectivity index (χ1) is 11.5. The molecular formula is C17H16FN3O2S. The Morgan fingerprint density at radius 2 is 2.08 bits per heavy atom. The van der Waals surface area contributed by atoms with Gasteiger partial charge in [-0.3, -0.25) is 9.59 Å². The van der Waals surface area contributed by atoms with Crippen molar-refractivity contribution in [3.8, 4) is 0 Å². The first kappa shape index (κ1) is 16.3. The SMILES string of the molecule is Cc1sc2nc(CC(=O)NCc3ccccc3F)[nH]c(=O)c2c1C. The molecule has 0 unspecified atom stereocenters. The van der Waals surface area contributed by atoms with E-state index in [4.69, 9.17) is 0 Å². The molecule has 0 saturated carbocycles. The van der Waals surface area contributed by atoms with Crippen molar-refractivity contribution >= 4 is 27.5 Å². The lowest BCUT2D eigenvalue weighted by molar-refractivity contribution is -0.120. The van der Waals surface area contributed by atoms with E-state index in [1.54, 1.807) is 18.2 Å². The van der Waals surface area contributed by atoms with Gasteiger partial charge in [-0.25, -0.2) is 9.37 Å². The van der Waals surface area contributed by atoms with Crippen molar-refractivity contribution in [3.63, 3.8) is 0 Å². The van der Waals surface area contributed by atoms with Gasteiger partial charge in [0.1, 0.15) is 16.5 Å². The highest BCUT2D eigenvalue weighted by molar-refractivity contribution is 7.18. The van der Waals surface area contributed by atoms with Crippen molar-refractivity contribution in [1.29, 1.82) is 0 Å². The van der Waals surface area contributed by atoms with Crippen molar-refractivity contribution < 1.29 is 9.18 Å². The van der Waals surface area contributed by atoms with Gasteiger partial charge in [-0.2, -0.15) is 0 Å². The molecule has 2 aromatic heterocycles. The van der Waals surface area contributed by atoms with Crippen LogP contribution in [0, 0.1) is 19.7 Å². The molecule has 2 heterocycles. The van der Waals surface area contributed by atoms with Gasteiger partial charge in [0.15, 0.2) is 0 Å². The van der Waals surface area contributed by atoms with Crippen LogP contribution in [0.2, 0.25) is 0 Å². The molecule has 0 aliphatic heterocycles. The molecule has 7 heteroatoms. The molecule has 0 bridgehead atoms. The Bertz CT molecular complexity index is 978. The number of rotatable bonds is 4. The first-order valence-electron chi connectivity index (χ1n) is 7.44. The highest BCUT2D eigenvalue weighted by Crippen LogP contribution is 2.25. The zero-order chi connectivity index (χ0) is 17.3. The van der Waals surface area contributed by atoms with Gasteiger partial charge in [0.2, 0.25) is 5.91 Å². The summed E-state index contributed by atoms with van der Waals surface area (Å²) in [6.45, 7) is 3.91. The summed E-state index contributed by atoms with van der Waals surface area (Å²) < 4.78 is 13.5. The predicted octanol–water partition coefficient (Wildman–Crippen LogP) is 2.60. The Kier molecular flexibility index (Phi) is 4.44. The number of aromatic nitrogens is 2. The lowest BCUT2D eigenvalue weighted by Gasteiger charge is -2.06. The average molecular weight is 345 g/mol. The third-order valence-corrected chi connectivity index (χ3v) is 4.95. The number of fused-ring (bicyclic) bond motifs is 1. The number of aromatic amines is 1. The van der Waals surface area contributed by atoms with Gasteiger partial charge in [-0.05, 0) is 25.5 Å². The number of nitrogens with zero attached hydrogens (tertiary/aromatic N) is 1. The van der Waals surface area contributed by atoms with Crippen LogP contribution in [0.3, 0.4) is 0 Å². The van der Waals surface area contributed by atoms with E-state index >= 15 is 0 Å². The van der Waals surface area contributed by atoms with Crippen LogP contribution in [-0.4, -0.2) is 15.9 Å². The fourth-order valence-electron chi connectivity index (χ4n) is 2.43. The van der Waals surface area contributed by atoms with Crippen molar-refractivity contribution in [1.82, 2.24) is 15.3 Å². The van der Waals surface area contributed by atoms with Gasteiger partial charge in [-0.1, -0.05) is 18.2 Å². The van der Waals surface area contributed by atoms with Crippen LogP contribution in [0.25, 0.3) is 10.2 Å². The molecule has 0 atom stereocenters. The van der Waals surface area contributed by atoms with Crippen LogP contribution in [0.4, 0.5) is 4.39 Å². The zero-order valence-electron chi connectivity index (χ0n) is 13.3. The normalized spacial score (nSPS) is 11.0. The molecule has 0 radical (unpaired) electrons. The van der Waals surface area contributed by atoms with E-state index in [2.05, 4.69) is 15.3 Å². The van der Waals surface area contributed by atoms with Gasteiger partial charge >= 0.3 is 0 Å². The van der Waals surface area contributed by atoms with E-state index in [-0.39, 0.29) is 30.2 Å². The van der Waals surface area contributed by atoms with Gasteiger partial charge in [0.25, 0.3) is 5.56 Å². The number of nitrogens with one attached hydrogen (secondary N) is 2. The van der Waals surface area contributed by atoms with Crippen molar-refractivity contribution in [2.24, 2.45) is 0 Å². The number of benzene rings is 1. The zero-order valence-corrected chi connectivity index (χ0v) is 14.1. The van der Waals surface area contributed by atoms with Crippen molar-refractivity contribution in [2.45, 2.75) is 26.8 Å². The molecule has 124 valence electrons. The summed E-state index contributed by atoms with van der Waals surface area (Å²) in [6.07, 6.45) is -0.0599. The monoisotopic (exact) mass is 345 g/mol. The largest absolute Gasteiger partial charge is 0.352 e. The van der Waals surface area contributed by atoms with Gasteiger partial charge in [0, 0.05) is 17.0 Å². The number of amides is 1. The number of halogens is 1. The molecular weight excluding hydrogens is 329 g/mol. The molecule has 0 aliphatic rings. The van der Waals surface area contributed by atoms with E-state index < -0.39 is 0 Å². The number of H-pyrrole nitrogens is 1. The second-order valence-corrected chi connectivity index (χ2v) is 6.72. The molecule has 2 N–H and O–H groups in total. The quantitative estimate of drug-likeness (QED) is 0.763. The molecule has 0 saturated heterocycles. The lowest BCUT2D eigenvalue weighted by atomic mass is 10.2. The second-order valence-electron chi connectivity index (χ2n) is 5.52. The molecule has 24 heavy (non-hydrogen) atoms. The third kappa shape index (κ3) is 3.21. The predicted molar refractivity (Wildman–Crippen MR) is 91.7 cm³/mol. The number of aryl methyl sites for hydroxylation is 2. The molecule has 3 aromatic rings. The summed E-state index contributed by atoms with van der Waals surface area (Å²) in [6, 6.07) is 6.25. The summed E-state index contributed by atoms with van der Waals surface area (Å²) in [7, 11) is 0. The van der Waals surface area contributed by atoms with Crippen molar-refractivity contribution in [3.05, 3.63) is 62.3 Å². The van der Waals surface area contributed by atoms with Gasteiger partial charge in [0.05, 0.1) is 11.8 Å². The Morgan fingerprint density at radius 3 is 2.83 bits per heavy atom. The highest BCUT2D eigenvalue weighted by atomic mass is 32.1. The average Bonchev–Trinajstić information content (AvgIpc) is 2.81. The number of carbonyl (C=O) groups is 1. The second kappa shape index (κ2) is 6.52. The Balaban J connectivity index is 1.74. The minimum Gasteiger partial charge on any atom is -0.352 e. The van der Waals surface area contributed by atoms with Crippen LogP contribution < -0.4 is 10.9 Å². The fraction of sp³-hybridized carbons (Fsp3) is 0.235. The van der Waals surface area contributed by atoms with Gasteiger partial charge < -0.3 is 10.3 Å². The minimum absolute atomic E-state index is 0.0599. The molecule has 0 fully saturated rings. The number of hydrogen-bond donors (Lipinski definition) is 2. The van der Waals surface area contributed by atoms with Crippen LogP contribution in [0.1, 0.15) is 21.8 Å². The van der Waals surface area contributed by atoms with Crippen LogP contribution in [0.5, 0.6) is 0 Å². The standard InChI is InChI=1S/C17H16FN3O2S/c1-9-10(2)24-17-15(9)16(23)20-13(21-17)7-14(22)19-8-11-5-3-4-6-12(11)18/h3-6H,7-8H2,1-2H3,(H,19,22)(H,20,21,23). The summed E-state index contributed by atoms with van der Waals surface area (Å²) in [5.74, 6) is -0.388. The number of carbonyl (C=O) groups excluding carboxylic acids is 1. The molecule has 1 amide bonds. The molecule has 5 nitrogen and oxygen atoms in total. The maximum atomic E-state index is 13.5. The Hall–Kier alpha value is -2.54. The summed E-state index contributed by atoms with van der Waals surface area (Å²) >= 11 is 1.43. The molecule has 0 aliphatic carbocycles. The van der Waals surface area contributed by atoms with E-state index in [0.29, 0.717) is 21.6 Å². The highest BCUT2D eigenvalue weighted by Gasteiger charge is 2.13. The third-order valence-electron chi connectivity index (χ3n) is 3.85. The van der Waals surface area contributed by atoms with E-state index in [1.807, 2.05) is 13.8 Å². The smallest absolute Gasteiger partial charge is 0.259 e. The van der Waals surface area contributed by atoms with E-state index in [0.717, 1.165) is 10.4 Å². The molecule has 0 spiro atoms. The van der Waals surface area contributed by atoms with Gasteiger partial charge in [-0.15, -0.1) is 11.3 Å². The molecule has 1 aromatic carbocycles. The molecule has 3 rings (SSSR count). The van der Waals surface area contributed by atoms with Crippen molar-refractivity contribution in [2.75, 3.05) is 0 Å². The Labute approximate surface area is 141 Å². The fourth-order valence-corrected chi connectivity index (χ4v) is 3.48. The lowest BCUT2D eigenvalue weighted by Crippen LogP contribution is -2.26. The van der Waals surface area contributed by atoms with Crippen LogP contribution in [-0.2, 0) is 17.8 Å². The van der Waals surface area contributed by atoms with E-state index in [9.17, 15) is 14.0 Å². The summed E-state index contributed by atoms with van der Waals surface area (Å²) in [5.41, 5.74) is 1.09. The Morgan fingerprint density at radius 1 is 1.33 bits per heavy atom. The maximum Gasteiger partial charge on any atom is 0.259 e. The number of thiophene rings is 1. The van der Waals surface area contributed by atoms with E-state index in [1.165, 1.54) is 17.4 Å². The summed E-state index contributed by atoms with van der Waals surface area (Å²) in [4.78, 5) is 32.9. The summed E-state index contributed by atoms with van der Waals surface area (Å²) in [5, 5.41) is 3.21. The first-order valence-corrected chi connectivity index (χ1v) is 8.26. The minimum atomic E-state index is -0.365.